The zero-order valence-corrected chi connectivity index (χ0v) is 6.86. The molecule has 4 heteroatoms. The maximum Gasteiger partial charge on any atom is 0 e. The van der Waals surface area contributed by atoms with Crippen molar-refractivity contribution < 1.29 is 72.0 Å². The van der Waals surface area contributed by atoms with Gasteiger partial charge in [0.15, 0.2) is 0 Å². The second-order valence-corrected chi connectivity index (χ2v) is 0. The molecule has 0 saturated heterocycles. The summed E-state index contributed by atoms with van der Waals surface area (Å²) in [4.78, 5) is 0. The molecule has 0 bridgehead atoms. The molecule has 0 aromatic carbocycles. The summed E-state index contributed by atoms with van der Waals surface area (Å²) in [6.07, 6.45) is 0. The molecular formula is CrFeMoNi. The van der Waals surface area contributed by atoms with Gasteiger partial charge in [-0.1, -0.05) is 0 Å². The maximum atomic E-state index is 0. The molecule has 0 spiro atoms. The molecule has 0 amide bonds. The molecule has 0 aromatic heterocycles. The fourth-order valence-electron chi connectivity index (χ4n) is 0. The van der Waals surface area contributed by atoms with Crippen molar-refractivity contribution in [2.24, 2.45) is 0 Å². The van der Waals surface area contributed by atoms with E-state index in [2.05, 4.69) is 0 Å². The predicted octanol–water partition coefficient (Wildman–Crippen LogP) is -0.0100. The summed E-state index contributed by atoms with van der Waals surface area (Å²) in [7, 11) is 0. The predicted molar refractivity (Wildman–Crippen MR) is 0 cm³/mol. The van der Waals surface area contributed by atoms with Crippen LogP contribution in [0.15, 0.2) is 0 Å². The Morgan fingerprint density at radius 3 is 1.00 bits per heavy atom. The van der Waals surface area contributed by atoms with Gasteiger partial charge in [-0.25, -0.2) is 0 Å². The summed E-state index contributed by atoms with van der Waals surface area (Å²) in [5, 5.41) is 0. The molecule has 0 N–H and O–H groups in total. The van der Waals surface area contributed by atoms with Crippen molar-refractivity contribution >= 4 is 0 Å². The van der Waals surface area contributed by atoms with Crippen LogP contribution in [-0.2, 0) is 72.0 Å². The Morgan fingerprint density at radius 2 is 1.00 bits per heavy atom. The van der Waals surface area contributed by atoms with E-state index in [-0.39, 0.29) is 72.0 Å². The third-order valence-electron chi connectivity index (χ3n) is 0. The third-order valence-corrected chi connectivity index (χ3v) is 0. The van der Waals surface area contributed by atoms with Crippen molar-refractivity contribution in [3.05, 3.63) is 0 Å². The molecule has 0 atom stereocenters. The molecule has 0 aliphatic heterocycles. The molecule has 4 heavy (non-hydrogen) atoms. The smallest absolute Gasteiger partial charge is 0 e. The van der Waals surface area contributed by atoms with Crippen LogP contribution in [0, 0.1) is 0 Å². The summed E-state index contributed by atoms with van der Waals surface area (Å²) in [6.45, 7) is 0. The van der Waals surface area contributed by atoms with Gasteiger partial charge >= 0.3 is 0 Å². The molecule has 0 unspecified atom stereocenters. The van der Waals surface area contributed by atoms with Crippen LogP contribution < -0.4 is 0 Å². The van der Waals surface area contributed by atoms with Crippen LogP contribution in [0.5, 0.6) is 0 Å². The van der Waals surface area contributed by atoms with Gasteiger partial charge in [0.2, 0.25) is 0 Å². The van der Waals surface area contributed by atoms with E-state index in [1.54, 1.807) is 0 Å². The van der Waals surface area contributed by atoms with E-state index in [0.717, 1.165) is 0 Å². The number of hydrogen-bond acceptors (Lipinski definition) is 0. The zero-order valence-electron chi connectivity index (χ0n) is 1.49. The maximum absolute atomic E-state index is 0. The first-order valence-electron chi connectivity index (χ1n) is 0. The van der Waals surface area contributed by atoms with Crippen LogP contribution in [0.4, 0.5) is 0 Å². The minimum absolute atomic E-state index is 0. The second kappa shape index (κ2) is 18.8. The normalized spacial score (nSPS) is 0. The fourth-order valence-corrected chi connectivity index (χ4v) is 0. The summed E-state index contributed by atoms with van der Waals surface area (Å²) in [6, 6.07) is 0. The topological polar surface area (TPSA) is 0 Å². The van der Waals surface area contributed by atoms with Crippen LogP contribution in [0.3, 0.4) is 0 Å². The average Bonchev–Trinajstić information content (AvgIpc) is 0. The van der Waals surface area contributed by atoms with Crippen LogP contribution in [0.25, 0.3) is 0 Å². The van der Waals surface area contributed by atoms with Gasteiger partial charge in [-0.15, -0.1) is 0 Å². The quantitative estimate of drug-likeness (QED) is 0.539. The van der Waals surface area contributed by atoms with Crippen molar-refractivity contribution in [2.75, 3.05) is 0 Å². The number of hydrogen-bond donors (Lipinski definition) is 0. The summed E-state index contributed by atoms with van der Waals surface area (Å²) >= 11 is 0. The first-order chi connectivity index (χ1) is 0. The van der Waals surface area contributed by atoms with Gasteiger partial charge in [0.25, 0.3) is 0 Å². The Kier molecular flexibility index (Phi) is 161. The molecular weight excluding hydrogens is 262 g/mol. The minimum atomic E-state index is 0. The van der Waals surface area contributed by atoms with Crippen molar-refractivity contribution in [1.29, 1.82) is 0 Å². The summed E-state index contributed by atoms with van der Waals surface area (Å²) < 4.78 is 0. The Hall–Kier alpha value is 2.23. The van der Waals surface area contributed by atoms with Crippen LogP contribution in [-0.4, -0.2) is 0 Å². The van der Waals surface area contributed by atoms with E-state index < -0.39 is 0 Å². The van der Waals surface area contributed by atoms with Crippen molar-refractivity contribution in [2.45, 2.75) is 0 Å². The van der Waals surface area contributed by atoms with Gasteiger partial charge < -0.3 is 0 Å². The SMILES string of the molecule is [Cr].[Fe].[Mo].[Ni]. The first kappa shape index (κ1) is 34.2. The van der Waals surface area contributed by atoms with Gasteiger partial charge in [0.1, 0.15) is 0 Å². The largest absolute Gasteiger partial charge is 0 e. The minimum Gasteiger partial charge on any atom is 0 e. The average molecular weight is 262 g/mol. The van der Waals surface area contributed by atoms with E-state index in [4.69, 9.17) is 0 Å². The fraction of sp³-hybridized carbons (Fsp3) is 0. The molecule has 0 aliphatic carbocycles. The Bertz CT molecular complexity index is 8.00. The van der Waals surface area contributed by atoms with E-state index in [1.807, 2.05) is 0 Å². The zero-order chi connectivity index (χ0) is 0. The van der Waals surface area contributed by atoms with Crippen LogP contribution in [0.1, 0.15) is 0 Å². The van der Waals surface area contributed by atoms with Gasteiger partial charge in [-0.3, -0.25) is 0 Å². The standard InChI is InChI=1S/Cr.Fe.Mo.Ni. The van der Waals surface area contributed by atoms with E-state index in [1.165, 1.54) is 0 Å². The monoisotopic (exact) mass is 264 g/mol. The Labute approximate surface area is 71.3 Å². The molecule has 0 aliphatic rings. The molecule has 30 valence electrons. The Balaban J connectivity index is 0. The molecule has 0 rings (SSSR count). The van der Waals surface area contributed by atoms with Crippen LogP contribution in [0.2, 0.25) is 0 Å². The van der Waals surface area contributed by atoms with E-state index in [9.17, 15) is 0 Å². The summed E-state index contributed by atoms with van der Waals surface area (Å²) in [5.41, 5.74) is 0. The number of rotatable bonds is 0. The Morgan fingerprint density at radius 1 is 1.00 bits per heavy atom. The molecule has 0 nitrogen and oxygen atoms in total. The van der Waals surface area contributed by atoms with E-state index in [0.29, 0.717) is 0 Å². The molecule has 0 aromatic rings. The van der Waals surface area contributed by atoms with E-state index >= 15 is 0 Å². The molecule has 0 fully saturated rings. The molecule has 0 heterocycles. The molecule has 0 saturated carbocycles. The third kappa shape index (κ3) is 8.87. The van der Waals surface area contributed by atoms with Gasteiger partial charge in [-0.05, 0) is 0 Å². The summed E-state index contributed by atoms with van der Waals surface area (Å²) in [5.74, 6) is 0. The first-order valence-corrected chi connectivity index (χ1v) is 0. The van der Waals surface area contributed by atoms with Crippen LogP contribution >= 0.6 is 0 Å². The molecule has 0 radical (unpaired) electrons. The van der Waals surface area contributed by atoms with Gasteiger partial charge in [-0.2, -0.15) is 0 Å². The van der Waals surface area contributed by atoms with Gasteiger partial charge in [0, 0.05) is 72.0 Å². The second-order valence-electron chi connectivity index (χ2n) is 0. The van der Waals surface area contributed by atoms with Crippen molar-refractivity contribution in [1.82, 2.24) is 0 Å². The van der Waals surface area contributed by atoms with Crippen molar-refractivity contribution in [3.63, 3.8) is 0 Å². The van der Waals surface area contributed by atoms with Crippen molar-refractivity contribution in [3.8, 4) is 0 Å². The van der Waals surface area contributed by atoms with Gasteiger partial charge in [0.05, 0.1) is 0 Å².